The third-order valence-electron chi connectivity index (χ3n) is 2.18. The van der Waals surface area contributed by atoms with Gasteiger partial charge in [-0.2, -0.15) is 0 Å². The minimum Gasteiger partial charge on any atom is -0.505 e. The van der Waals surface area contributed by atoms with Crippen LogP contribution in [0.2, 0.25) is 0 Å². The number of phenols is 1. The fourth-order valence-electron chi connectivity index (χ4n) is 1.42. The predicted octanol–water partition coefficient (Wildman–Crippen LogP) is 0.427. The van der Waals surface area contributed by atoms with Crippen molar-refractivity contribution >= 4 is 11.6 Å². The van der Waals surface area contributed by atoms with Gasteiger partial charge in [0.1, 0.15) is 0 Å². The Hall–Kier alpha value is -1.75. The Morgan fingerprint density at radius 3 is 2.75 bits per heavy atom. The minimum absolute atomic E-state index is 0.142. The summed E-state index contributed by atoms with van der Waals surface area (Å²) >= 11 is 0. The van der Waals surface area contributed by atoms with Crippen LogP contribution >= 0.6 is 0 Å². The molecule has 0 saturated heterocycles. The number of amides is 1. The number of anilines is 1. The van der Waals surface area contributed by atoms with Crippen LogP contribution < -0.4 is 5.73 Å². The number of likely N-dealkylation sites (N-methyl/N-ethyl adjacent to an activating group) is 1. The van der Waals surface area contributed by atoms with Crippen LogP contribution in [-0.4, -0.2) is 40.7 Å². The van der Waals surface area contributed by atoms with Crippen LogP contribution in [0.4, 0.5) is 5.69 Å². The normalized spacial score (nSPS) is 12.2. The van der Waals surface area contributed by atoms with Gasteiger partial charge in [0.05, 0.1) is 17.4 Å². The highest BCUT2D eigenvalue weighted by Crippen LogP contribution is 2.25. The molecule has 1 amide bonds. The number of phenolic OH excluding ortho intramolecular Hbond substituents is 1. The second-order valence-corrected chi connectivity index (χ2v) is 3.78. The van der Waals surface area contributed by atoms with Crippen molar-refractivity contribution < 1.29 is 15.0 Å². The maximum absolute atomic E-state index is 11.9. The molecular weight excluding hydrogens is 208 g/mol. The van der Waals surface area contributed by atoms with Gasteiger partial charge in [0, 0.05) is 13.6 Å². The van der Waals surface area contributed by atoms with Crippen molar-refractivity contribution in [2.45, 2.75) is 13.0 Å². The summed E-state index contributed by atoms with van der Waals surface area (Å²) in [4.78, 5) is 13.2. The van der Waals surface area contributed by atoms with Gasteiger partial charge in [0.15, 0.2) is 5.75 Å². The van der Waals surface area contributed by atoms with E-state index in [1.807, 2.05) is 0 Å². The van der Waals surface area contributed by atoms with E-state index in [-0.39, 0.29) is 29.5 Å². The molecule has 1 aromatic rings. The highest BCUT2D eigenvalue weighted by Gasteiger charge is 2.17. The standard InChI is InChI=1S/C11H16N2O3/c1-7(14)6-13(2)11(16)8-4-3-5-9(12)10(8)15/h3-5,7,14-15H,6,12H2,1-2H3. The molecule has 0 fully saturated rings. The van der Waals surface area contributed by atoms with Gasteiger partial charge in [-0.25, -0.2) is 0 Å². The zero-order chi connectivity index (χ0) is 12.3. The van der Waals surface area contributed by atoms with Crippen molar-refractivity contribution in [2.75, 3.05) is 19.3 Å². The SMILES string of the molecule is CC(O)CN(C)C(=O)c1cccc(N)c1O. The molecule has 1 rings (SSSR count). The molecule has 0 aliphatic carbocycles. The van der Waals surface area contributed by atoms with Crippen LogP contribution in [0.5, 0.6) is 5.75 Å². The van der Waals surface area contributed by atoms with Gasteiger partial charge in [-0.1, -0.05) is 6.07 Å². The van der Waals surface area contributed by atoms with Crippen molar-refractivity contribution in [3.63, 3.8) is 0 Å². The van der Waals surface area contributed by atoms with E-state index >= 15 is 0 Å². The molecule has 88 valence electrons. The van der Waals surface area contributed by atoms with E-state index in [0.29, 0.717) is 0 Å². The second-order valence-electron chi connectivity index (χ2n) is 3.78. The summed E-state index contributed by atoms with van der Waals surface area (Å²) in [5.41, 5.74) is 5.79. The van der Waals surface area contributed by atoms with Crippen LogP contribution in [0.3, 0.4) is 0 Å². The van der Waals surface area contributed by atoms with Crippen LogP contribution in [-0.2, 0) is 0 Å². The Kier molecular flexibility index (Phi) is 3.73. The predicted molar refractivity (Wildman–Crippen MR) is 61.2 cm³/mol. The Morgan fingerprint density at radius 1 is 1.56 bits per heavy atom. The maximum atomic E-state index is 11.9. The molecule has 4 N–H and O–H groups in total. The monoisotopic (exact) mass is 224 g/mol. The van der Waals surface area contributed by atoms with Gasteiger partial charge < -0.3 is 20.8 Å². The number of carbonyl (C=O) groups is 1. The molecule has 0 spiro atoms. The van der Waals surface area contributed by atoms with Gasteiger partial charge in [0.25, 0.3) is 5.91 Å². The number of nitrogens with two attached hydrogens (primary N) is 1. The molecule has 1 unspecified atom stereocenters. The third kappa shape index (κ3) is 2.64. The van der Waals surface area contributed by atoms with Crippen LogP contribution in [0.1, 0.15) is 17.3 Å². The van der Waals surface area contributed by atoms with Gasteiger partial charge in [-0.15, -0.1) is 0 Å². The number of hydrogen-bond acceptors (Lipinski definition) is 4. The summed E-state index contributed by atoms with van der Waals surface area (Å²) in [6, 6.07) is 4.60. The lowest BCUT2D eigenvalue weighted by molar-refractivity contribution is 0.0701. The van der Waals surface area contributed by atoms with Crippen molar-refractivity contribution in [1.29, 1.82) is 0 Å². The van der Waals surface area contributed by atoms with E-state index in [4.69, 9.17) is 10.8 Å². The number of aliphatic hydroxyl groups excluding tert-OH is 1. The van der Waals surface area contributed by atoms with Crippen LogP contribution in [0, 0.1) is 0 Å². The second kappa shape index (κ2) is 4.85. The Balaban J connectivity index is 2.92. The van der Waals surface area contributed by atoms with E-state index in [0.717, 1.165) is 0 Å². The first-order valence-corrected chi connectivity index (χ1v) is 4.94. The van der Waals surface area contributed by atoms with Gasteiger partial charge in [-0.3, -0.25) is 4.79 Å². The number of carbonyl (C=O) groups excluding carboxylic acids is 1. The molecule has 1 atom stereocenters. The number of aliphatic hydroxyl groups is 1. The van der Waals surface area contributed by atoms with E-state index in [1.165, 1.54) is 17.0 Å². The molecule has 0 heterocycles. The largest absolute Gasteiger partial charge is 0.505 e. The first-order chi connectivity index (χ1) is 7.43. The first kappa shape index (κ1) is 12.3. The van der Waals surface area contributed by atoms with Crippen LogP contribution in [0.25, 0.3) is 0 Å². The summed E-state index contributed by atoms with van der Waals surface area (Å²) < 4.78 is 0. The summed E-state index contributed by atoms with van der Waals surface area (Å²) in [6.07, 6.45) is -0.614. The molecule has 5 nitrogen and oxygen atoms in total. The fraction of sp³-hybridized carbons (Fsp3) is 0.364. The number of nitrogen functional groups attached to an aromatic ring is 1. The smallest absolute Gasteiger partial charge is 0.257 e. The Bertz CT molecular complexity index is 391. The van der Waals surface area contributed by atoms with Crippen molar-refractivity contribution in [3.05, 3.63) is 23.8 Å². The third-order valence-corrected chi connectivity index (χ3v) is 2.18. The maximum Gasteiger partial charge on any atom is 0.257 e. The Labute approximate surface area is 94.1 Å². The van der Waals surface area contributed by atoms with Gasteiger partial charge in [-0.05, 0) is 19.1 Å². The number of aromatic hydroxyl groups is 1. The van der Waals surface area contributed by atoms with E-state index in [2.05, 4.69) is 0 Å². The molecule has 0 aromatic heterocycles. The number of rotatable bonds is 3. The lowest BCUT2D eigenvalue weighted by Crippen LogP contribution is -2.33. The molecule has 0 saturated carbocycles. The summed E-state index contributed by atoms with van der Waals surface area (Å²) in [5, 5.41) is 18.8. The molecular formula is C11H16N2O3. The molecule has 0 radical (unpaired) electrons. The van der Waals surface area contributed by atoms with Gasteiger partial charge >= 0.3 is 0 Å². The zero-order valence-electron chi connectivity index (χ0n) is 9.34. The zero-order valence-corrected chi connectivity index (χ0v) is 9.34. The highest BCUT2D eigenvalue weighted by atomic mass is 16.3. The molecule has 0 bridgehead atoms. The lowest BCUT2D eigenvalue weighted by atomic mass is 10.1. The number of para-hydroxylation sites is 1. The van der Waals surface area contributed by atoms with Crippen molar-refractivity contribution in [2.24, 2.45) is 0 Å². The number of benzene rings is 1. The number of nitrogens with zero attached hydrogens (tertiary/aromatic N) is 1. The van der Waals surface area contributed by atoms with Crippen molar-refractivity contribution in [1.82, 2.24) is 4.90 Å². The van der Waals surface area contributed by atoms with E-state index < -0.39 is 6.10 Å². The average Bonchev–Trinajstić information content (AvgIpc) is 2.20. The minimum atomic E-state index is -0.614. The summed E-state index contributed by atoms with van der Waals surface area (Å²) in [6.45, 7) is 1.79. The van der Waals surface area contributed by atoms with Crippen LogP contribution in [0.15, 0.2) is 18.2 Å². The van der Waals surface area contributed by atoms with E-state index in [1.54, 1.807) is 20.0 Å². The topological polar surface area (TPSA) is 86.8 Å². The molecule has 0 aliphatic heterocycles. The average molecular weight is 224 g/mol. The molecule has 5 heteroatoms. The quantitative estimate of drug-likeness (QED) is 0.513. The molecule has 1 aromatic carbocycles. The Morgan fingerprint density at radius 2 is 2.19 bits per heavy atom. The summed E-state index contributed by atoms with van der Waals surface area (Å²) in [7, 11) is 1.55. The van der Waals surface area contributed by atoms with Gasteiger partial charge in [0.2, 0.25) is 0 Å². The number of hydrogen-bond donors (Lipinski definition) is 3. The first-order valence-electron chi connectivity index (χ1n) is 4.94. The van der Waals surface area contributed by atoms with Crippen molar-refractivity contribution in [3.8, 4) is 5.75 Å². The lowest BCUT2D eigenvalue weighted by Gasteiger charge is -2.19. The summed E-state index contributed by atoms with van der Waals surface area (Å²) in [5.74, 6) is -0.587. The molecule has 16 heavy (non-hydrogen) atoms. The molecule has 0 aliphatic rings. The van der Waals surface area contributed by atoms with E-state index in [9.17, 15) is 9.90 Å². The highest BCUT2D eigenvalue weighted by molar-refractivity contribution is 5.98. The fourth-order valence-corrected chi connectivity index (χ4v) is 1.42.